The second kappa shape index (κ2) is 14.7. The predicted octanol–water partition coefficient (Wildman–Crippen LogP) is 3.36. The maximum absolute atomic E-state index is 13.5. The highest BCUT2D eigenvalue weighted by Gasteiger charge is 2.01. The van der Waals surface area contributed by atoms with Crippen molar-refractivity contribution in [2.24, 2.45) is 4.99 Å². The molecule has 1 aromatic carbocycles. The number of halogens is 2. The summed E-state index contributed by atoms with van der Waals surface area (Å²) in [7, 11) is 1.72. The van der Waals surface area contributed by atoms with Crippen LogP contribution in [-0.4, -0.2) is 39.3 Å². The summed E-state index contributed by atoms with van der Waals surface area (Å²) in [6.07, 6.45) is 3.88. The van der Waals surface area contributed by atoms with Gasteiger partial charge in [-0.3, -0.25) is 4.99 Å². The van der Waals surface area contributed by atoms with Crippen LogP contribution in [-0.2, 0) is 11.2 Å². The van der Waals surface area contributed by atoms with E-state index < -0.39 is 0 Å². The molecule has 1 aromatic rings. The van der Waals surface area contributed by atoms with Gasteiger partial charge in [0.1, 0.15) is 5.82 Å². The van der Waals surface area contributed by atoms with E-state index in [1.165, 1.54) is 6.07 Å². The van der Waals surface area contributed by atoms with Gasteiger partial charge in [-0.05, 0) is 44.2 Å². The van der Waals surface area contributed by atoms with Crippen molar-refractivity contribution in [1.82, 2.24) is 10.6 Å². The van der Waals surface area contributed by atoms with E-state index in [4.69, 9.17) is 4.74 Å². The van der Waals surface area contributed by atoms with Gasteiger partial charge in [-0.2, -0.15) is 0 Å². The second-order valence-electron chi connectivity index (χ2n) is 5.08. The Kier molecular flexibility index (Phi) is 14.1. The van der Waals surface area contributed by atoms with E-state index in [-0.39, 0.29) is 29.8 Å². The molecular weight excluding hydrogens is 408 g/mol. The van der Waals surface area contributed by atoms with E-state index in [2.05, 4.69) is 15.6 Å². The molecule has 23 heavy (non-hydrogen) atoms. The number of aliphatic imine (C=N–C) groups is 1. The minimum Gasteiger partial charge on any atom is -0.385 e. The van der Waals surface area contributed by atoms with Crippen LogP contribution in [0.15, 0.2) is 29.3 Å². The SMILES string of the molecule is CCNC(=NCCCCCOC)NCCc1ccccc1F.I. The van der Waals surface area contributed by atoms with Gasteiger partial charge in [0, 0.05) is 33.4 Å². The van der Waals surface area contributed by atoms with Crippen LogP contribution in [0.3, 0.4) is 0 Å². The maximum atomic E-state index is 13.5. The first kappa shape index (κ1) is 22.1. The van der Waals surface area contributed by atoms with Crippen molar-refractivity contribution < 1.29 is 9.13 Å². The highest BCUT2D eigenvalue weighted by Crippen LogP contribution is 2.06. The molecule has 132 valence electrons. The second-order valence-corrected chi connectivity index (χ2v) is 5.08. The van der Waals surface area contributed by atoms with Gasteiger partial charge in [-0.15, -0.1) is 24.0 Å². The average molecular weight is 437 g/mol. The lowest BCUT2D eigenvalue weighted by Crippen LogP contribution is -2.38. The molecule has 0 unspecified atom stereocenters. The summed E-state index contributed by atoms with van der Waals surface area (Å²) in [4.78, 5) is 4.52. The molecule has 0 saturated heterocycles. The Balaban J connectivity index is 0.00000484. The zero-order valence-corrected chi connectivity index (χ0v) is 16.4. The molecule has 2 N–H and O–H groups in total. The number of unbranched alkanes of at least 4 members (excludes halogenated alkanes) is 2. The van der Waals surface area contributed by atoms with Gasteiger partial charge >= 0.3 is 0 Å². The van der Waals surface area contributed by atoms with Crippen LogP contribution in [0.2, 0.25) is 0 Å². The van der Waals surface area contributed by atoms with Crippen LogP contribution in [0.1, 0.15) is 31.7 Å². The Morgan fingerprint density at radius 1 is 1.17 bits per heavy atom. The average Bonchev–Trinajstić information content (AvgIpc) is 2.52. The fourth-order valence-corrected chi connectivity index (χ4v) is 2.08. The van der Waals surface area contributed by atoms with Crippen molar-refractivity contribution in [2.45, 2.75) is 32.6 Å². The minimum atomic E-state index is -0.149. The van der Waals surface area contributed by atoms with Crippen molar-refractivity contribution in [3.63, 3.8) is 0 Å². The number of benzene rings is 1. The van der Waals surface area contributed by atoms with Crippen molar-refractivity contribution in [3.05, 3.63) is 35.6 Å². The van der Waals surface area contributed by atoms with Crippen LogP contribution in [0.5, 0.6) is 0 Å². The topological polar surface area (TPSA) is 45.7 Å². The Morgan fingerprint density at radius 3 is 2.65 bits per heavy atom. The van der Waals surface area contributed by atoms with E-state index >= 15 is 0 Å². The summed E-state index contributed by atoms with van der Waals surface area (Å²) in [6, 6.07) is 6.88. The summed E-state index contributed by atoms with van der Waals surface area (Å²) < 4.78 is 18.6. The van der Waals surface area contributed by atoms with E-state index in [1.54, 1.807) is 13.2 Å². The largest absolute Gasteiger partial charge is 0.385 e. The number of nitrogens with one attached hydrogen (secondary N) is 2. The van der Waals surface area contributed by atoms with Gasteiger partial charge < -0.3 is 15.4 Å². The molecule has 0 heterocycles. The Labute approximate surface area is 156 Å². The highest BCUT2D eigenvalue weighted by atomic mass is 127. The van der Waals surface area contributed by atoms with E-state index in [0.29, 0.717) is 13.0 Å². The highest BCUT2D eigenvalue weighted by molar-refractivity contribution is 14.0. The predicted molar refractivity (Wildman–Crippen MR) is 105 cm³/mol. The molecule has 0 aliphatic heterocycles. The molecule has 4 nitrogen and oxygen atoms in total. The third-order valence-corrected chi connectivity index (χ3v) is 3.27. The van der Waals surface area contributed by atoms with Crippen molar-refractivity contribution >= 4 is 29.9 Å². The van der Waals surface area contributed by atoms with Crippen molar-refractivity contribution in [2.75, 3.05) is 33.4 Å². The van der Waals surface area contributed by atoms with Crippen LogP contribution in [0.4, 0.5) is 4.39 Å². The number of ether oxygens (including phenoxy) is 1. The Bertz CT molecular complexity index is 444. The van der Waals surface area contributed by atoms with E-state index in [1.807, 2.05) is 19.1 Å². The molecule has 0 bridgehead atoms. The number of methoxy groups -OCH3 is 1. The summed E-state index contributed by atoms with van der Waals surface area (Å²) in [6.45, 7) is 5.11. The first-order valence-electron chi connectivity index (χ1n) is 8.02. The Morgan fingerprint density at radius 2 is 1.96 bits per heavy atom. The summed E-state index contributed by atoms with van der Waals surface area (Å²) >= 11 is 0. The maximum Gasteiger partial charge on any atom is 0.191 e. The van der Waals surface area contributed by atoms with Gasteiger partial charge in [-0.25, -0.2) is 4.39 Å². The standard InChI is InChI=1S/C17H28FN3O.HI/c1-3-19-17(20-12-7-4-8-14-22-2)21-13-11-15-9-5-6-10-16(15)18;/h5-6,9-10H,3-4,7-8,11-14H2,1-2H3,(H2,19,20,21);1H. The fraction of sp³-hybridized carbons (Fsp3) is 0.588. The van der Waals surface area contributed by atoms with Gasteiger partial charge in [0.15, 0.2) is 5.96 Å². The zero-order valence-electron chi connectivity index (χ0n) is 14.1. The van der Waals surface area contributed by atoms with Crippen LogP contribution < -0.4 is 10.6 Å². The lowest BCUT2D eigenvalue weighted by Gasteiger charge is -2.11. The summed E-state index contributed by atoms with van der Waals surface area (Å²) in [5.41, 5.74) is 0.727. The monoisotopic (exact) mass is 437 g/mol. The molecule has 0 aromatic heterocycles. The summed E-state index contributed by atoms with van der Waals surface area (Å²) in [5, 5.41) is 6.45. The normalized spacial score (nSPS) is 11.0. The molecule has 0 fully saturated rings. The smallest absolute Gasteiger partial charge is 0.191 e. The lowest BCUT2D eigenvalue weighted by molar-refractivity contribution is 0.192. The number of rotatable bonds is 10. The molecule has 0 saturated carbocycles. The fourth-order valence-electron chi connectivity index (χ4n) is 2.08. The minimum absolute atomic E-state index is 0. The lowest BCUT2D eigenvalue weighted by atomic mass is 10.1. The summed E-state index contributed by atoms with van der Waals surface area (Å²) in [5.74, 6) is 0.648. The molecule has 0 aliphatic rings. The van der Waals surface area contributed by atoms with Gasteiger partial charge in [-0.1, -0.05) is 18.2 Å². The number of hydrogen-bond acceptors (Lipinski definition) is 2. The van der Waals surface area contributed by atoms with Crippen molar-refractivity contribution in [3.8, 4) is 0 Å². The number of nitrogens with zero attached hydrogens (tertiary/aromatic N) is 1. The third-order valence-electron chi connectivity index (χ3n) is 3.27. The quantitative estimate of drug-likeness (QED) is 0.256. The van der Waals surface area contributed by atoms with Gasteiger partial charge in [0.25, 0.3) is 0 Å². The number of guanidine groups is 1. The molecule has 0 aliphatic carbocycles. The molecular formula is C17H29FIN3O. The molecule has 0 radical (unpaired) electrons. The van der Waals surface area contributed by atoms with Gasteiger partial charge in [0.05, 0.1) is 0 Å². The van der Waals surface area contributed by atoms with Crippen LogP contribution >= 0.6 is 24.0 Å². The first-order chi connectivity index (χ1) is 10.8. The molecule has 0 amide bonds. The van der Waals surface area contributed by atoms with Crippen molar-refractivity contribution in [1.29, 1.82) is 0 Å². The van der Waals surface area contributed by atoms with Gasteiger partial charge in [0.2, 0.25) is 0 Å². The van der Waals surface area contributed by atoms with Crippen LogP contribution in [0.25, 0.3) is 0 Å². The zero-order chi connectivity index (χ0) is 16.0. The Hall–Kier alpha value is -0.890. The molecule has 6 heteroatoms. The van der Waals surface area contributed by atoms with Crippen LogP contribution in [0, 0.1) is 5.82 Å². The van der Waals surface area contributed by atoms with E-state index in [0.717, 1.165) is 50.5 Å². The third kappa shape index (κ3) is 10.5. The van der Waals surface area contributed by atoms with E-state index in [9.17, 15) is 4.39 Å². The molecule has 1 rings (SSSR count). The number of hydrogen-bond donors (Lipinski definition) is 2. The molecule has 0 atom stereocenters. The molecule has 0 spiro atoms. The first-order valence-corrected chi connectivity index (χ1v) is 8.02.